The molecule has 2 unspecified atom stereocenters. The minimum absolute atomic E-state index is 0.0956. The van der Waals surface area contributed by atoms with Gasteiger partial charge < -0.3 is 10.2 Å². The van der Waals surface area contributed by atoms with Crippen molar-refractivity contribution < 1.29 is 14.4 Å². The standard InChI is InChI=1S/C22H30N4O3/c1-23-10-9-17-4-2-3-11-25(17)13-15-5-6-16-14-26(22(29)18(16)12-15)19-7-8-20(27)24-21(19)28/h5-6,12,17,19,23H,2-4,7-11,13-14H2,1H3,(H,24,27,28). The Labute approximate surface area is 171 Å². The van der Waals surface area contributed by atoms with Crippen molar-refractivity contribution in [2.75, 3.05) is 20.1 Å². The van der Waals surface area contributed by atoms with Crippen LogP contribution in [0.1, 0.15) is 60.0 Å². The number of amides is 3. The Kier molecular flexibility index (Phi) is 5.96. The number of piperidine rings is 2. The van der Waals surface area contributed by atoms with Crippen molar-refractivity contribution in [3.05, 3.63) is 34.9 Å². The SMILES string of the molecule is CNCCC1CCCCN1Cc1ccc2c(c1)C(=O)N(C1CCC(=O)NC1=O)C2. The van der Waals surface area contributed by atoms with Crippen LogP contribution in [-0.2, 0) is 22.7 Å². The van der Waals surface area contributed by atoms with Gasteiger partial charge in [-0.25, -0.2) is 0 Å². The third kappa shape index (κ3) is 4.21. The lowest BCUT2D eigenvalue weighted by atomic mass is 9.97. The van der Waals surface area contributed by atoms with Crippen molar-refractivity contribution in [1.29, 1.82) is 0 Å². The van der Waals surface area contributed by atoms with Gasteiger partial charge in [0.05, 0.1) is 0 Å². The van der Waals surface area contributed by atoms with Crippen molar-refractivity contribution in [2.45, 2.75) is 63.7 Å². The molecule has 1 aromatic carbocycles. The lowest BCUT2D eigenvalue weighted by Crippen LogP contribution is -2.52. The van der Waals surface area contributed by atoms with E-state index in [9.17, 15) is 14.4 Å². The van der Waals surface area contributed by atoms with E-state index in [-0.39, 0.29) is 24.1 Å². The van der Waals surface area contributed by atoms with Gasteiger partial charge in [0.15, 0.2) is 0 Å². The second-order valence-corrected chi connectivity index (χ2v) is 8.40. The Morgan fingerprint density at radius 1 is 1.17 bits per heavy atom. The van der Waals surface area contributed by atoms with E-state index in [1.807, 2.05) is 19.2 Å². The molecule has 0 aliphatic carbocycles. The fraction of sp³-hybridized carbons (Fsp3) is 0.591. The molecule has 0 saturated carbocycles. The van der Waals surface area contributed by atoms with Crippen LogP contribution in [0.25, 0.3) is 0 Å². The average molecular weight is 399 g/mol. The molecule has 7 nitrogen and oxygen atoms in total. The minimum Gasteiger partial charge on any atom is -0.322 e. The Morgan fingerprint density at radius 2 is 2.03 bits per heavy atom. The highest BCUT2D eigenvalue weighted by Gasteiger charge is 2.39. The summed E-state index contributed by atoms with van der Waals surface area (Å²) in [5.41, 5.74) is 2.82. The van der Waals surface area contributed by atoms with Gasteiger partial charge in [0.1, 0.15) is 6.04 Å². The summed E-state index contributed by atoms with van der Waals surface area (Å²) in [6.07, 6.45) is 5.57. The van der Waals surface area contributed by atoms with Crippen molar-refractivity contribution in [3.8, 4) is 0 Å². The molecule has 3 amide bonds. The zero-order valence-electron chi connectivity index (χ0n) is 17.1. The first-order valence-corrected chi connectivity index (χ1v) is 10.7. The molecule has 156 valence electrons. The summed E-state index contributed by atoms with van der Waals surface area (Å²) >= 11 is 0. The second kappa shape index (κ2) is 8.63. The molecule has 0 radical (unpaired) electrons. The lowest BCUT2D eigenvalue weighted by Gasteiger charge is -2.36. The summed E-state index contributed by atoms with van der Waals surface area (Å²) < 4.78 is 0. The van der Waals surface area contributed by atoms with Crippen LogP contribution in [0.5, 0.6) is 0 Å². The molecule has 1 aromatic rings. The molecule has 2 fully saturated rings. The Bertz CT molecular complexity index is 809. The first kappa shape index (κ1) is 20.0. The molecular formula is C22H30N4O3. The van der Waals surface area contributed by atoms with E-state index in [1.165, 1.54) is 19.3 Å². The number of benzene rings is 1. The summed E-state index contributed by atoms with van der Waals surface area (Å²) in [5, 5.41) is 5.61. The lowest BCUT2D eigenvalue weighted by molar-refractivity contribution is -0.136. The molecule has 4 rings (SSSR count). The molecular weight excluding hydrogens is 368 g/mol. The molecule has 0 spiro atoms. The average Bonchev–Trinajstić information content (AvgIpc) is 3.03. The largest absolute Gasteiger partial charge is 0.322 e. The number of imide groups is 1. The van der Waals surface area contributed by atoms with Crippen LogP contribution in [0.2, 0.25) is 0 Å². The van der Waals surface area contributed by atoms with Crippen LogP contribution in [0.15, 0.2) is 18.2 Å². The van der Waals surface area contributed by atoms with Gasteiger partial charge in [-0.1, -0.05) is 18.6 Å². The molecule has 3 aliphatic rings. The summed E-state index contributed by atoms with van der Waals surface area (Å²) in [6.45, 7) is 3.41. The summed E-state index contributed by atoms with van der Waals surface area (Å²) in [4.78, 5) is 40.8. The van der Waals surface area contributed by atoms with E-state index >= 15 is 0 Å². The first-order chi connectivity index (χ1) is 14.1. The third-order valence-electron chi connectivity index (χ3n) is 6.45. The minimum atomic E-state index is -0.552. The fourth-order valence-electron chi connectivity index (χ4n) is 4.84. The Balaban J connectivity index is 1.46. The molecule has 2 saturated heterocycles. The van der Waals surface area contributed by atoms with Gasteiger partial charge in [0.25, 0.3) is 5.91 Å². The predicted molar refractivity (Wildman–Crippen MR) is 109 cm³/mol. The van der Waals surface area contributed by atoms with Crippen molar-refractivity contribution in [3.63, 3.8) is 0 Å². The Hall–Kier alpha value is -2.25. The van der Waals surface area contributed by atoms with Crippen molar-refractivity contribution in [2.24, 2.45) is 0 Å². The maximum Gasteiger partial charge on any atom is 0.255 e. The quantitative estimate of drug-likeness (QED) is 0.708. The zero-order chi connectivity index (χ0) is 20.4. The van der Waals surface area contributed by atoms with Gasteiger partial charge in [-0.05, 0) is 63.0 Å². The highest BCUT2D eigenvalue weighted by atomic mass is 16.2. The number of nitrogens with zero attached hydrogens (tertiary/aromatic N) is 2. The number of nitrogens with one attached hydrogen (secondary N) is 2. The van der Waals surface area contributed by atoms with Crippen LogP contribution in [0.3, 0.4) is 0 Å². The fourth-order valence-corrected chi connectivity index (χ4v) is 4.84. The van der Waals surface area contributed by atoms with Crippen LogP contribution in [0, 0.1) is 0 Å². The highest BCUT2D eigenvalue weighted by molar-refractivity contribution is 6.05. The van der Waals surface area contributed by atoms with Crippen LogP contribution in [0.4, 0.5) is 0 Å². The summed E-state index contributed by atoms with van der Waals surface area (Å²) in [5.74, 6) is -0.711. The molecule has 3 aliphatic heterocycles. The summed E-state index contributed by atoms with van der Waals surface area (Å²) in [7, 11) is 1.99. The number of hydrogen-bond donors (Lipinski definition) is 2. The van der Waals surface area contributed by atoms with E-state index in [2.05, 4.69) is 21.6 Å². The molecule has 7 heteroatoms. The van der Waals surface area contributed by atoms with Gasteiger partial charge in [-0.15, -0.1) is 0 Å². The molecule has 29 heavy (non-hydrogen) atoms. The number of fused-ring (bicyclic) bond motifs is 1. The number of rotatable bonds is 6. The smallest absolute Gasteiger partial charge is 0.255 e. The van der Waals surface area contributed by atoms with E-state index in [4.69, 9.17) is 0 Å². The maximum atomic E-state index is 13.0. The first-order valence-electron chi connectivity index (χ1n) is 10.7. The van der Waals surface area contributed by atoms with E-state index in [1.54, 1.807) is 4.90 Å². The topological polar surface area (TPSA) is 81.8 Å². The highest BCUT2D eigenvalue weighted by Crippen LogP contribution is 2.29. The Morgan fingerprint density at radius 3 is 2.83 bits per heavy atom. The van der Waals surface area contributed by atoms with Crippen molar-refractivity contribution >= 4 is 17.7 Å². The normalized spacial score (nSPS) is 25.3. The van der Waals surface area contributed by atoms with Gasteiger partial charge in [-0.2, -0.15) is 0 Å². The van der Waals surface area contributed by atoms with Gasteiger partial charge in [0.2, 0.25) is 11.8 Å². The number of likely N-dealkylation sites (tertiary alicyclic amines) is 1. The van der Waals surface area contributed by atoms with Crippen LogP contribution < -0.4 is 10.6 Å². The monoisotopic (exact) mass is 398 g/mol. The summed E-state index contributed by atoms with van der Waals surface area (Å²) in [6, 6.07) is 6.18. The van der Waals surface area contributed by atoms with Gasteiger partial charge in [0, 0.05) is 31.1 Å². The predicted octanol–water partition coefficient (Wildman–Crippen LogP) is 1.41. The number of carbonyl (C=O) groups excluding carboxylic acids is 3. The molecule has 2 atom stereocenters. The zero-order valence-corrected chi connectivity index (χ0v) is 17.1. The van der Waals surface area contributed by atoms with Gasteiger partial charge in [-0.3, -0.25) is 24.6 Å². The molecule has 0 aromatic heterocycles. The van der Waals surface area contributed by atoms with Crippen LogP contribution >= 0.6 is 0 Å². The molecule has 0 bridgehead atoms. The molecule has 2 N–H and O–H groups in total. The van der Waals surface area contributed by atoms with Crippen molar-refractivity contribution in [1.82, 2.24) is 20.4 Å². The number of hydrogen-bond acceptors (Lipinski definition) is 5. The van der Waals surface area contributed by atoms with E-state index in [0.29, 0.717) is 24.6 Å². The second-order valence-electron chi connectivity index (χ2n) is 8.40. The van der Waals surface area contributed by atoms with Gasteiger partial charge >= 0.3 is 0 Å². The molecule has 3 heterocycles. The number of carbonyl (C=O) groups is 3. The maximum absolute atomic E-state index is 13.0. The third-order valence-corrected chi connectivity index (χ3v) is 6.45. The van der Waals surface area contributed by atoms with E-state index in [0.717, 1.165) is 37.2 Å². The van der Waals surface area contributed by atoms with E-state index < -0.39 is 6.04 Å². The van der Waals surface area contributed by atoms with Crippen LogP contribution in [-0.4, -0.2) is 59.7 Å².